The van der Waals surface area contributed by atoms with Crippen molar-refractivity contribution in [2.75, 3.05) is 6.61 Å². The number of rotatable bonds is 5. The monoisotopic (exact) mass is 244 g/mol. The van der Waals surface area contributed by atoms with Gasteiger partial charge in [-0.3, -0.25) is 9.11 Å². The largest absolute Gasteiger partial charge is 1.00 e. The number of hydrogen-bond acceptors (Lipinski definition) is 6. The normalized spacial score (nSPS) is 14.5. The van der Waals surface area contributed by atoms with Crippen LogP contribution in [0.2, 0.25) is 0 Å². The minimum absolute atomic E-state index is 0. The maximum absolute atomic E-state index is 10.0. The fourth-order valence-electron chi connectivity index (χ4n) is 0.417. The summed E-state index contributed by atoms with van der Waals surface area (Å²) in [5, 5.41) is 0. The van der Waals surface area contributed by atoms with Crippen molar-refractivity contribution in [1.82, 2.24) is 0 Å². The van der Waals surface area contributed by atoms with E-state index in [2.05, 4.69) is 8.37 Å². The molecule has 11 heteroatoms. The predicted octanol–water partition coefficient (Wildman–Crippen LogP) is -3.87. The summed E-state index contributed by atoms with van der Waals surface area (Å²) in [4.78, 5) is 0. The van der Waals surface area contributed by atoms with Gasteiger partial charge >= 0.3 is 39.7 Å². The average molecular weight is 244 g/mol. The van der Waals surface area contributed by atoms with Gasteiger partial charge in [-0.2, -0.15) is 16.8 Å². The second-order valence-corrected chi connectivity index (χ2v) is 4.19. The molecule has 0 bridgehead atoms. The van der Waals surface area contributed by atoms with Crippen molar-refractivity contribution >= 4 is 20.8 Å². The van der Waals surface area contributed by atoms with E-state index in [0.717, 1.165) is 6.92 Å². The van der Waals surface area contributed by atoms with Crippen LogP contribution < -0.4 is 18.9 Å². The summed E-state index contributed by atoms with van der Waals surface area (Å²) in [7, 11) is -9.28. The Bertz CT molecular complexity index is 348. The van der Waals surface area contributed by atoms with Crippen molar-refractivity contribution in [3.63, 3.8) is 0 Å². The first-order valence-electron chi connectivity index (χ1n) is 2.88. The van der Waals surface area contributed by atoms with Crippen LogP contribution in [0, 0.1) is 0 Å². The molecule has 0 aromatic carbocycles. The topological polar surface area (TPSA) is 127 Å². The SMILES string of the molecule is CC(COS(=O)(=O)O)OS(=O)(=O)O.[H-].[Li+]. The van der Waals surface area contributed by atoms with Gasteiger partial charge in [-0.05, 0) is 6.92 Å². The van der Waals surface area contributed by atoms with E-state index in [4.69, 9.17) is 9.11 Å². The van der Waals surface area contributed by atoms with E-state index in [9.17, 15) is 16.8 Å². The third-order valence-electron chi connectivity index (χ3n) is 0.738. The van der Waals surface area contributed by atoms with Gasteiger partial charge in [0, 0.05) is 0 Å². The summed E-state index contributed by atoms with van der Waals surface area (Å²) in [6.45, 7) is 0.400. The van der Waals surface area contributed by atoms with Crippen LogP contribution in [0.4, 0.5) is 0 Å². The summed E-state index contributed by atoms with van der Waals surface area (Å²) in [5.74, 6) is 0. The molecule has 0 aromatic rings. The predicted molar refractivity (Wildman–Crippen MR) is 40.7 cm³/mol. The standard InChI is InChI=1S/C3H8O8S2.Li.H/c1-3(11-13(7,8)9)2-10-12(4,5)6;;/h3H,2H2,1H3,(H,4,5,6)(H,7,8,9);;/q;+1;-1. The molecule has 14 heavy (non-hydrogen) atoms. The van der Waals surface area contributed by atoms with E-state index in [1.165, 1.54) is 0 Å². The zero-order chi connectivity index (χ0) is 10.7. The molecule has 1 unspecified atom stereocenters. The fraction of sp³-hybridized carbons (Fsp3) is 1.00. The summed E-state index contributed by atoms with van der Waals surface area (Å²) in [6.07, 6.45) is -1.23. The number of hydrogen-bond donors (Lipinski definition) is 2. The Labute approximate surface area is 95.2 Å². The molecule has 1 atom stereocenters. The minimum atomic E-state index is -4.65. The van der Waals surface area contributed by atoms with Crippen molar-refractivity contribution in [3.8, 4) is 0 Å². The van der Waals surface area contributed by atoms with Crippen molar-refractivity contribution in [2.24, 2.45) is 0 Å². The molecule has 0 amide bonds. The summed E-state index contributed by atoms with van der Waals surface area (Å²) < 4.78 is 63.8. The van der Waals surface area contributed by atoms with Crippen LogP contribution in [0.25, 0.3) is 0 Å². The van der Waals surface area contributed by atoms with Crippen LogP contribution in [0.3, 0.4) is 0 Å². The Morgan fingerprint density at radius 3 is 1.93 bits per heavy atom. The molecular weight excluding hydrogens is 235 g/mol. The molecular formula is C3H9LiO8S2. The van der Waals surface area contributed by atoms with Crippen LogP contribution in [-0.4, -0.2) is 38.7 Å². The summed E-state index contributed by atoms with van der Waals surface area (Å²) >= 11 is 0. The Balaban J connectivity index is -0.000000720. The van der Waals surface area contributed by atoms with Crippen molar-refractivity contribution in [2.45, 2.75) is 13.0 Å². The average Bonchev–Trinajstić information content (AvgIpc) is 1.78. The zero-order valence-electron chi connectivity index (χ0n) is 8.44. The van der Waals surface area contributed by atoms with Crippen molar-refractivity contribution in [1.29, 1.82) is 0 Å². The molecule has 0 rings (SSSR count). The molecule has 0 aliphatic rings. The van der Waals surface area contributed by atoms with Gasteiger partial charge < -0.3 is 1.43 Å². The van der Waals surface area contributed by atoms with Gasteiger partial charge in [-0.25, -0.2) is 8.37 Å². The molecule has 2 N–H and O–H groups in total. The van der Waals surface area contributed by atoms with E-state index < -0.39 is 33.5 Å². The van der Waals surface area contributed by atoms with Crippen molar-refractivity contribution in [3.05, 3.63) is 0 Å². The Hall–Kier alpha value is 0.337. The maximum atomic E-state index is 10.0. The van der Waals surface area contributed by atoms with E-state index in [1.54, 1.807) is 0 Å². The third kappa shape index (κ3) is 12.3. The van der Waals surface area contributed by atoms with Gasteiger partial charge in [0.05, 0.1) is 6.61 Å². The van der Waals surface area contributed by atoms with Crippen LogP contribution in [-0.2, 0) is 29.2 Å². The molecule has 0 saturated carbocycles. The smallest absolute Gasteiger partial charge is 1.00 e. The third-order valence-corrected chi connectivity index (χ3v) is 1.74. The fourth-order valence-corrected chi connectivity index (χ4v) is 1.25. The molecule has 0 radical (unpaired) electrons. The maximum Gasteiger partial charge on any atom is 1.00 e. The molecule has 0 aromatic heterocycles. The summed E-state index contributed by atoms with van der Waals surface area (Å²) in [5.41, 5.74) is 0. The van der Waals surface area contributed by atoms with Gasteiger partial charge in [0.2, 0.25) is 0 Å². The molecule has 82 valence electrons. The Kier molecular flexibility index (Phi) is 7.23. The first-order chi connectivity index (χ1) is 5.60. The van der Waals surface area contributed by atoms with Gasteiger partial charge in [0.1, 0.15) is 6.10 Å². The van der Waals surface area contributed by atoms with E-state index in [-0.39, 0.29) is 20.3 Å². The molecule has 8 nitrogen and oxygen atoms in total. The second kappa shape index (κ2) is 6.04. The van der Waals surface area contributed by atoms with Crippen LogP contribution in [0.5, 0.6) is 0 Å². The zero-order valence-corrected chi connectivity index (χ0v) is 9.08. The molecule has 0 fully saturated rings. The molecule has 0 aliphatic carbocycles. The molecule has 0 aliphatic heterocycles. The van der Waals surface area contributed by atoms with Gasteiger partial charge in [-0.15, -0.1) is 0 Å². The van der Waals surface area contributed by atoms with Crippen LogP contribution >= 0.6 is 0 Å². The summed E-state index contributed by atoms with van der Waals surface area (Å²) in [6, 6.07) is 0. The minimum Gasteiger partial charge on any atom is -1.00 e. The van der Waals surface area contributed by atoms with E-state index >= 15 is 0 Å². The van der Waals surface area contributed by atoms with Crippen molar-refractivity contribution < 1.29 is 54.6 Å². The Morgan fingerprint density at radius 2 is 1.64 bits per heavy atom. The quantitative estimate of drug-likeness (QED) is 0.371. The molecule has 0 heterocycles. The van der Waals surface area contributed by atoms with Crippen LogP contribution in [0.15, 0.2) is 0 Å². The first-order valence-corrected chi connectivity index (χ1v) is 5.61. The van der Waals surface area contributed by atoms with E-state index in [1.807, 2.05) is 0 Å². The second-order valence-electron chi connectivity index (χ2n) is 2.05. The molecule has 0 saturated heterocycles. The van der Waals surface area contributed by atoms with Gasteiger partial charge in [0.25, 0.3) is 0 Å². The molecule has 0 spiro atoms. The first kappa shape index (κ1) is 16.8. The van der Waals surface area contributed by atoms with Gasteiger partial charge in [0.15, 0.2) is 0 Å². The van der Waals surface area contributed by atoms with Gasteiger partial charge in [-0.1, -0.05) is 0 Å². The Morgan fingerprint density at radius 1 is 1.21 bits per heavy atom. The van der Waals surface area contributed by atoms with Crippen LogP contribution in [0.1, 0.15) is 8.35 Å². The van der Waals surface area contributed by atoms with E-state index in [0.29, 0.717) is 0 Å².